The van der Waals surface area contributed by atoms with Crippen molar-refractivity contribution in [3.63, 3.8) is 0 Å². The molecule has 31 heavy (non-hydrogen) atoms. The first kappa shape index (κ1) is 22.1. The van der Waals surface area contributed by atoms with Gasteiger partial charge in [0.15, 0.2) is 0 Å². The Balaban J connectivity index is 0.00000272. The number of nitrogens with two attached hydrogens (primary N) is 1. The van der Waals surface area contributed by atoms with Crippen LogP contribution in [-0.4, -0.2) is 17.5 Å². The van der Waals surface area contributed by atoms with Gasteiger partial charge in [0.1, 0.15) is 5.75 Å². The van der Waals surface area contributed by atoms with Crippen molar-refractivity contribution >= 4 is 40.6 Å². The molecule has 4 aromatic rings. The van der Waals surface area contributed by atoms with E-state index in [4.69, 9.17) is 10.5 Å². The summed E-state index contributed by atoms with van der Waals surface area (Å²) in [5, 5.41) is 3.80. The van der Waals surface area contributed by atoms with Crippen molar-refractivity contribution in [1.29, 1.82) is 0 Å². The van der Waals surface area contributed by atoms with Crippen molar-refractivity contribution in [3.05, 3.63) is 95.7 Å². The number of aromatic nitrogens is 1. The number of fused-ring (bicyclic) bond motifs is 1. The third-order valence-corrected chi connectivity index (χ3v) is 4.87. The quantitative estimate of drug-likeness (QED) is 0.425. The molecule has 1 amide bonds. The number of nitrogen functional groups attached to an aromatic ring is 1. The SMILES string of the molecule is Cc1cc(N)c2cc(NC(=O)c3ccccc3CCOc3ccccc3)ccc2n1.Cl. The summed E-state index contributed by atoms with van der Waals surface area (Å²) < 4.78 is 5.78. The van der Waals surface area contributed by atoms with Crippen LogP contribution in [0.2, 0.25) is 0 Å². The summed E-state index contributed by atoms with van der Waals surface area (Å²) in [4.78, 5) is 17.4. The van der Waals surface area contributed by atoms with Crippen LogP contribution in [-0.2, 0) is 6.42 Å². The number of carbonyl (C=O) groups excluding carboxylic acids is 1. The molecular formula is C25H24ClN3O2. The number of rotatable bonds is 6. The highest BCUT2D eigenvalue weighted by Crippen LogP contribution is 2.24. The molecule has 158 valence electrons. The molecule has 0 spiro atoms. The minimum atomic E-state index is -0.164. The van der Waals surface area contributed by atoms with Gasteiger partial charge in [0.05, 0.1) is 12.1 Å². The van der Waals surface area contributed by atoms with Crippen LogP contribution in [0.25, 0.3) is 10.9 Å². The van der Waals surface area contributed by atoms with Crippen LogP contribution in [0.3, 0.4) is 0 Å². The van der Waals surface area contributed by atoms with Crippen molar-refractivity contribution in [1.82, 2.24) is 4.98 Å². The van der Waals surface area contributed by atoms with Gasteiger partial charge in [-0.3, -0.25) is 9.78 Å². The molecule has 4 rings (SSSR count). The van der Waals surface area contributed by atoms with Gasteiger partial charge in [0, 0.05) is 34.4 Å². The molecule has 6 heteroatoms. The lowest BCUT2D eigenvalue weighted by atomic mass is 10.0. The smallest absolute Gasteiger partial charge is 0.255 e. The number of hydrogen-bond donors (Lipinski definition) is 2. The topological polar surface area (TPSA) is 77.2 Å². The van der Waals surface area contributed by atoms with E-state index in [0.29, 0.717) is 30.0 Å². The van der Waals surface area contributed by atoms with Crippen molar-refractivity contribution in [2.75, 3.05) is 17.7 Å². The molecule has 0 atom stereocenters. The largest absolute Gasteiger partial charge is 0.493 e. The summed E-state index contributed by atoms with van der Waals surface area (Å²) in [5.41, 5.74) is 10.7. The molecule has 3 aromatic carbocycles. The lowest BCUT2D eigenvalue weighted by molar-refractivity contribution is 0.102. The fourth-order valence-corrected chi connectivity index (χ4v) is 3.42. The summed E-state index contributed by atoms with van der Waals surface area (Å²) in [6, 6.07) is 24.6. The summed E-state index contributed by atoms with van der Waals surface area (Å²) in [6.07, 6.45) is 0.631. The Morgan fingerprint density at radius 1 is 1.00 bits per heavy atom. The Labute approximate surface area is 187 Å². The first-order valence-corrected chi connectivity index (χ1v) is 9.84. The second-order valence-electron chi connectivity index (χ2n) is 7.11. The molecule has 3 N–H and O–H groups in total. The highest BCUT2D eigenvalue weighted by molar-refractivity contribution is 6.06. The van der Waals surface area contributed by atoms with Crippen molar-refractivity contribution in [2.45, 2.75) is 13.3 Å². The van der Waals surface area contributed by atoms with E-state index in [1.165, 1.54) is 0 Å². The van der Waals surface area contributed by atoms with Crippen LogP contribution in [0.15, 0.2) is 78.9 Å². The first-order chi connectivity index (χ1) is 14.6. The number of nitrogens with one attached hydrogen (secondary N) is 1. The number of anilines is 2. The molecule has 0 radical (unpaired) electrons. The second-order valence-corrected chi connectivity index (χ2v) is 7.11. The third-order valence-electron chi connectivity index (χ3n) is 4.87. The number of amides is 1. The fourth-order valence-electron chi connectivity index (χ4n) is 3.42. The van der Waals surface area contributed by atoms with Gasteiger partial charge in [-0.15, -0.1) is 12.4 Å². The van der Waals surface area contributed by atoms with Gasteiger partial charge in [-0.2, -0.15) is 0 Å². The molecule has 0 aliphatic heterocycles. The number of benzene rings is 3. The lowest BCUT2D eigenvalue weighted by Gasteiger charge is -2.12. The Kier molecular flexibility index (Phi) is 7.11. The monoisotopic (exact) mass is 433 g/mol. The minimum Gasteiger partial charge on any atom is -0.493 e. The van der Waals surface area contributed by atoms with Crippen molar-refractivity contribution in [3.8, 4) is 5.75 Å². The number of hydrogen-bond acceptors (Lipinski definition) is 4. The molecule has 0 aliphatic rings. The highest BCUT2D eigenvalue weighted by Gasteiger charge is 2.12. The van der Waals surface area contributed by atoms with E-state index in [2.05, 4.69) is 10.3 Å². The van der Waals surface area contributed by atoms with Crippen LogP contribution in [0.1, 0.15) is 21.6 Å². The van der Waals surface area contributed by atoms with Gasteiger partial charge in [-0.1, -0.05) is 36.4 Å². The van der Waals surface area contributed by atoms with E-state index in [9.17, 15) is 4.79 Å². The number of ether oxygens (including phenoxy) is 1. The van der Waals surface area contributed by atoms with Gasteiger partial charge in [0.2, 0.25) is 0 Å². The molecule has 0 saturated carbocycles. The number of halogens is 1. The third kappa shape index (κ3) is 5.32. The van der Waals surface area contributed by atoms with Gasteiger partial charge in [0.25, 0.3) is 5.91 Å². The van der Waals surface area contributed by atoms with Crippen LogP contribution in [0, 0.1) is 6.92 Å². The maximum absolute atomic E-state index is 12.9. The molecular weight excluding hydrogens is 410 g/mol. The fraction of sp³-hybridized carbons (Fsp3) is 0.120. The Bertz CT molecular complexity index is 1200. The van der Waals surface area contributed by atoms with Gasteiger partial charge in [-0.05, 0) is 55.0 Å². The number of carbonyl (C=O) groups is 1. The van der Waals surface area contributed by atoms with Gasteiger partial charge in [-0.25, -0.2) is 0 Å². The average Bonchev–Trinajstić information content (AvgIpc) is 2.75. The lowest BCUT2D eigenvalue weighted by Crippen LogP contribution is -2.15. The minimum absolute atomic E-state index is 0. The predicted molar refractivity (Wildman–Crippen MR) is 128 cm³/mol. The number of aryl methyl sites for hydroxylation is 1. The maximum Gasteiger partial charge on any atom is 0.255 e. The normalized spacial score (nSPS) is 10.4. The summed E-state index contributed by atoms with van der Waals surface area (Å²) in [6.45, 7) is 2.40. The Morgan fingerprint density at radius 2 is 1.74 bits per heavy atom. The number of nitrogens with zero attached hydrogens (tertiary/aromatic N) is 1. The average molecular weight is 434 g/mol. The van der Waals surface area contributed by atoms with E-state index in [-0.39, 0.29) is 18.3 Å². The Morgan fingerprint density at radius 3 is 2.55 bits per heavy atom. The molecule has 0 unspecified atom stereocenters. The van der Waals surface area contributed by atoms with Gasteiger partial charge < -0.3 is 15.8 Å². The van der Waals surface area contributed by atoms with Gasteiger partial charge >= 0.3 is 0 Å². The zero-order chi connectivity index (χ0) is 20.9. The molecule has 1 aromatic heterocycles. The second kappa shape index (κ2) is 9.96. The standard InChI is InChI=1S/C25H23N3O2.ClH/c1-17-15-23(26)22-16-19(11-12-24(22)27-17)28-25(29)21-10-6-5-7-18(21)13-14-30-20-8-3-2-4-9-20;/h2-12,15-16H,13-14H2,1H3,(H2,26,27)(H,28,29);1H. The van der Waals surface area contributed by atoms with E-state index in [1.54, 1.807) is 0 Å². The molecule has 0 bridgehead atoms. The van der Waals surface area contributed by atoms with E-state index in [0.717, 1.165) is 27.9 Å². The first-order valence-electron chi connectivity index (χ1n) is 9.84. The van der Waals surface area contributed by atoms with Crippen molar-refractivity contribution in [2.24, 2.45) is 0 Å². The molecule has 0 aliphatic carbocycles. The highest BCUT2D eigenvalue weighted by atomic mass is 35.5. The molecule has 0 saturated heterocycles. The van der Waals surface area contributed by atoms with Crippen molar-refractivity contribution < 1.29 is 9.53 Å². The number of para-hydroxylation sites is 1. The van der Waals surface area contributed by atoms with E-state index >= 15 is 0 Å². The summed E-state index contributed by atoms with van der Waals surface area (Å²) >= 11 is 0. The summed E-state index contributed by atoms with van der Waals surface area (Å²) in [7, 11) is 0. The maximum atomic E-state index is 12.9. The number of pyridine rings is 1. The zero-order valence-electron chi connectivity index (χ0n) is 17.2. The van der Waals surface area contributed by atoms with E-state index in [1.807, 2.05) is 85.8 Å². The Hall–Kier alpha value is -3.57. The van der Waals surface area contributed by atoms with Crippen LogP contribution in [0.4, 0.5) is 11.4 Å². The molecule has 1 heterocycles. The van der Waals surface area contributed by atoms with Crippen LogP contribution >= 0.6 is 12.4 Å². The zero-order valence-corrected chi connectivity index (χ0v) is 18.0. The van der Waals surface area contributed by atoms with E-state index < -0.39 is 0 Å². The molecule has 5 nitrogen and oxygen atoms in total. The van der Waals surface area contributed by atoms with Crippen LogP contribution < -0.4 is 15.8 Å². The van der Waals surface area contributed by atoms with Crippen LogP contribution in [0.5, 0.6) is 5.75 Å². The summed E-state index contributed by atoms with van der Waals surface area (Å²) in [5.74, 6) is 0.653. The molecule has 0 fully saturated rings. The predicted octanol–water partition coefficient (Wildman–Crippen LogP) is 5.42.